The summed E-state index contributed by atoms with van der Waals surface area (Å²) in [7, 11) is 0. The van der Waals surface area contributed by atoms with Gasteiger partial charge in [-0.1, -0.05) is 30.3 Å². The van der Waals surface area contributed by atoms with E-state index in [0.29, 0.717) is 0 Å². The van der Waals surface area contributed by atoms with Crippen LogP contribution in [-0.2, 0) is 10.2 Å². The predicted molar refractivity (Wildman–Crippen MR) is 92.4 cm³/mol. The van der Waals surface area contributed by atoms with Crippen LogP contribution in [0.5, 0.6) is 0 Å². The molecule has 22 heavy (non-hydrogen) atoms. The molecule has 0 aromatic heterocycles. The summed E-state index contributed by atoms with van der Waals surface area (Å²) >= 11 is 0. The van der Waals surface area contributed by atoms with Crippen molar-refractivity contribution in [2.24, 2.45) is 11.8 Å². The topological polar surface area (TPSA) is 32.3 Å². The van der Waals surface area contributed by atoms with Crippen LogP contribution in [0.2, 0.25) is 0 Å². The third kappa shape index (κ3) is 3.31. The molecule has 2 atom stereocenters. The number of nitrogens with one attached hydrogen (secondary N) is 1. The quantitative estimate of drug-likeness (QED) is 0.908. The van der Waals surface area contributed by atoms with Gasteiger partial charge in [0.1, 0.15) is 0 Å². The maximum absolute atomic E-state index is 13.0. The Balaban J connectivity index is 0.00000176. The lowest BCUT2D eigenvalue weighted by Gasteiger charge is -2.32. The third-order valence-electron chi connectivity index (χ3n) is 5.34. The molecule has 2 aliphatic rings. The van der Waals surface area contributed by atoms with Crippen molar-refractivity contribution in [3.8, 4) is 0 Å². The molecular weight excluding hydrogens is 296 g/mol. The Hall–Kier alpha value is -1.06. The highest BCUT2D eigenvalue weighted by molar-refractivity contribution is 5.87. The average Bonchev–Trinajstić information content (AvgIpc) is 2.86. The molecule has 0 aliphatic carbocycles. The number of hydrogen-bond acceptors (Lipinski definition) is 2. The fourth-order valence-corrected chi connectivity index (χ4v) is 3.79. The maximum atomic E-state index is 13.0. The number of amides is 1. The van der Waals surface area contributed by atoms with Crippen LogP contribution in [0, 0.1) is 11.8 Å². The van der Waals surface area contributed by atoms with Crippen LogP contribution in [0.1, 0.15) is 32.3 Å². The second kappa shape index (κ2) is 7.01. The summed E-state index contributed by atoms with van der Waals surface area (Å²) in [6.07, 6.45) is 2.29. The molecule has 0 radical (unpaired) electrons. The number of likely N-dealkylation sites (tertiary alicyclic amines) is 1. The number of rotatable bonds is 2. The molecule has 1 aromatic carbocycles. The highest BCUT2D eigenvalue weighted by atomic mass is 35.5. The number of fused-ring (bicyclic) bond motifs is 1. The van der Waals surface area contributed by atoms with Gasteiger partial charge in [-0.3, -0.25) is 4.79 Å². The summed E-state index contributed by atoms with van der Waals surface area (Å²) in [6.45, 7) is 8.20. The molecule has 2 heterocycles. The van der Waals surface area contributed by atoms with Gasteiger partial charge in [0.05, 0.1) is 5.41 Å². The second-order valence-electron chi connectivity index (χ2n) is 7.04. The lowest BCUT2D eigenvalue weighted by Crippen LogP contribution is -2.44. The minimum absolute atomic E-state index is 0. The van der Waals surface area contributed by atoms with Crippen LogP contribution < -0.4 is 5.32 Å². The Kier molecular flexibility index (Phi) is 5.51. The van der Waals surface area contributed by atoms with Crippen LogP contribution in [0.15, 0.2) is 30.3 Å². The summed E-state index contributed by atoms with van der Waals surface area (Å²) in [4.78, 5) is 15.1. The van der Waals surface area contributed by atoms with Crippen LogP contribution in [-0.4, -0.2) is 37.0 Å². The van der Waals surface area contributed by atoms with Gasteiger partial charge in [0.25, 0.3) is 0 Å². The SMILES string of the molecule is CC(C)(C(=O)N1CC[C@@H]2CNC[C@@H]2CC1)c1ccccc1.Cl. The number of carbonyl (C=O) groups excluding carboxylic acids is 1. The van der Waals surface area contributed by atoms with Gasteiger partial charge < -0.3 is 10.2 Å². The third-order valence-corrected chi connectivity index (χ3v) is 5.34. The fraction of sp³-hybridized carbons (Fsp3) is 0.611. The molecule has 0 saturated carbocycles. The largest absolute Gasteiger partial charge is 0.342 e. The van der Waals surface area contributed by atoms with Crippen LogP contribution >= 0.6 is 12.4 Å². The van der Waals surface area contributed by atoms with Crippen molar-refractivity contribution in [2.45, 2.75) is 32.1 Å². The fourth-order valence-electron chi connectivity index (χ4n) is 3.79. The minimum atomic E-state index is -0.432. The first-order valence-electron chi connectivity index (χ1n) is 8.14. The van der Waals surface area contributed by atoms with Gasteiger partial charge >= 0.3 is 0 Å². The molecule has 2 saturated heterocycles. The van der Waals surface area contributed by atoms with E-state index in [0.717, 1.165) is 56.4 Å². The van der Waals surface area contributed by atoms with Crippen molar-refractivity contribution in [1.29, 1.82) is 0 Å². The molecule has 3 rings (SSSR count). The summed E-state index contributed by atoms with van der Waals surface area (Å²) < 4.78 is 0. The zero-order valence-corrected chi connectivity index (χ0v) is 14.4. The predicted octanol–water partition coefficient (Wildman–Crippen LogP) is 2.84. The van der Waals surface area contributed by atoms with E-state index in [1.807, 2.05) is 18.2 Å². The van der Waals surface area contributed by atoms with Gasteiger partial charge in [0.2, 0.25) is 5.91 Å². The Morgan fingerprint density at radius 3 is 2.18 bits per heavy atom. The summed E-state index contributed by atoms with van der Waals surface area (Å²) in [5.74, 6) is 1.81. The first-order valence-corrected chi connectivity index (χ1v) is 8.14. The monoisotopic (exact) mass is 322 g/mol. The second-order valence-corrected chi connectivity index (χ2v) is 7.04. The van der Waals surface area contributed by atoms with Crippen molar-refractivity contribution in [1.82, 2.24) is 10.2 Å². The standard InChI is InChI=1S/C18H26N2O.ClH/c1-18(2,16-6-4-3-5-7-16)17(21)20-10-8-14-12-19-13-15(14)9-11-20;/h3-7,14-15,19H,8-13H2,1-2H3;1H/t14-,15+;. The lowest BCUT2D eigenvalue weighted by atomic mass is 9.83. The van der Waals surface area contributed by atoms with Crippen LogP contribution in [0.3, 0.4) is 0 Å². The summed E-state index contributed by atoms with van der Waals surface area (Å²) in [5, 5.41) is 3.49. The van der Waals surface area contributed by atoms with Crippen molar-refractivity contribution < 1.29 is 4.79 Å². The maximum Gasteiger partial charge on any atom is 0.232 e. The molecule has 1 amide bonds. The van der Waals surface area contributed by atoms with E-state index in [-0.39, 0.29) is 18.3 Å². The van der Waals surface area contributed by atoms with Gasteiger partial charge in [0, 0.05) is 13.1 Å². The van der Waals surface area contributed by atoms with Gasteiger partial charge in [-0.25, -0.2) is 0 Å². The van der Waals surface area contributed by atoms with E-state index in [9.17, 15) is 4.79 Å². The highest BCUT2D eigenvalue weighted by Crippen LogP contribution is 2.31. The van der Waals surface area contributed by atoms with Crippen molar-refractivity contribution in [3.63, 3.8) is 0 Å². The summed E-state index contributed by atoms with van der Waals surface area (Å²) in [5.41, 5.74) is 0.681. The van der Waals surface area contributed by atoms with E-state index >= 15 is 0 Å². The van der Waals surface area contributed by atoms with Gasteiger partial charge in [-0.2, -0.15) is 0 Å². The zero-order chi connectivity index (χ0) is 14.9. The number of hydrogen-bond donors (Lipinski definition) is 1. The lowest BCUT2D eigenvalue weighted by molar-refractivity contribution is -0.136. The molecule has 2 aliphatic heterocycles. The molecule has 4 heteroatoms. The van der Waals surface area contributed by atoms with Crippen LogP contribution in [0.25, 0.3) is 0 Å². The number of carbonyl (C=O) groups is 1. The van der Waals surface area contributed by atoms with Gasteiger partial charge in [-0.15, -0.1) is 12.4 Å². The number of benzene rings is 1. The minimum Gasteiger partial charge on any atom is -0.342 e. The van der Waals surface area contributed by atoms with E-state index in [1.165, 1.54) is 0 Å². The van der Waals surface area contributed by atoms with Gasteiger partial charge in [0.15, 0.2) is 0 Å². The molecule has 3 nitrogen and oxygen atoms in total. The molecule has 122 valence electrons. The molecule has 0 unspecified atom stereocenters. The van der Waals surface area contributed by atoms with Crippen molar-refractivity contribution in [2.75, 3.05) is 26.2 Å². The number of halogens is 1. The average molecular weight is 323 g/mol. The van der Waals surface area contributed by atoms with E-state index in [2.05, 4.69) is 36.2 Å². The molecule has 1 N–H and O–H groups in total. The molecule has 1 aromatic rings. The van der Waals surface area contributed by atoms with E-state index in [1.54, 1.807) is 0 Å². The summed E-state index contributed by atoms with van der Waals surface area (Å²) in [6, 6.07) is 10.2. The molecule has 0 spiro atoms. The Labute approximate surface area is 139 Å². The molecule has 2 fully saturated rings. The van der Waals surface area contributed by atoms with Gasteiger partial charge in [-0.05, 0) is 57.2 Å². The number of nitrogens with zero attached hydrogens (tertiary/aromatic N) is 1. The first kappa shape index (κ1) is 17.3. The van der Waals surface area contributed by atoms with Crippen LogP contribution in [0.4, 0.5) is 0 Å². The Morgan fingerprint density at radius 1 is 1.09 bits per heavy atom. The van der Waals surface area contributed by atoms with Crippen molar-refractivity contribution >= 4 is 18.3 Å². The van der Waals surface area contributed by atoms with E-state index in [4.69, 9.17) is 0 Å². The Bertz CT molecular complexity index is 489. The van der Waals surface area contributed by atoms with E-state index < -0.39 is 5.41 Å². The zero-order valence-electron chi connectivity index (χ0n) is 13.5. The normalized spacial score (nSPS) is 25.1. The molecule has 0 bridgehead atoms. The first-order chi connectivity index (χ1) is 10.1. The highest BCUT2D eigenvalue weighted by Gasteiger charge is 2.37. The smallest absolute Gasteiger partial charge is 0.232 e. The van der Waals surface area contributed by atoms with Crippen molar-refractivity contribution in [3.05, 3.63) is 35.9 Å². The molecular formula is C18H27ClN2O. The Morgan fingerprint density at radius 2 is 1.64 bits per heavy atom.